The number of nitrogens with zero attached hydrogens (tertiary/aromatic N) is 2. The molecule has 1 heterocycles. The van der Waals surface area contributed by atoms with E-state index in [9.17, 15) is 4.39 Å². The Hall–Kier alpha value is -0.930. The zero-order valence-corrected chi connectivity index (χ0v) is 18.7. The fraction of sp³-hybridized carbons (Fsp3) is 0.650. The summed E-state index contributed by atoms with van der Waals surface area (Å²) in [5.41, 5.74) is 0.741. The summed E-state index contributed by atoms with van der Waals surface area (Å²) in [6, 6.07) is 7.65. The monoisotopic (exact) mass is 490 g/mol. The molecule has 152 valence electrons. The molecular weight excluding hydrogens is 458 g/mol. The normalized spacial score (nSPS) is 21.6. The minimum Gasteiger partial charge on any atom is -0.383 e. The van der Waals surface area contributed by atoms with Gasteiger partial charge in [-0.05, 0) is 43.9 Å². The van der Waals surface area contributed by atoms with Crippen molar-refractivity contribution in [3.63, 3.8) is 0 Å². The van der Waals surface area contributed by atoms with E-state index in [1.165, 1.54) is 12.8 Å². The van der Waals surface area contributed by atoms with Gasteiger partial charge in [-0.25, -0.2) is 4.39 Å². The number of aliphatic imine (C=N–C) groups is 1. The Morgan fingerprint density at radius 1 is 1.33 bits per heavy atom. The molecule has 3 rings (SSSR count). The number of guanidine groups is 1. The summed E-state index contributed by atoms with van der Waals surface area (Å²) < 4.78 is 19.3. The minimum atomic E-state index is -0.102. The molecule has 0 radical (unpaired) electrons. The molecule has 2 N–H and O–H groups in total. The highest BCUT2D eigenvalue weighted by molar-refractivity contribution is 14.0. The Balaban J connectivity index is 0.00000261. The fourth-order valence-corrected chi connectivity index (χ4v) is 3.90. The first kappa shape index (κ1) is 22.4. The molecule has 0 aromatic heterocycles. The maximum absolute atomic E-state index is 14.1. The molecule has 27 heavy (non-hydrogen) atoms. The van der Waals surface area contributed by atoms with Crippen molar-refractivity contribution in [2.45, 2.75) is 37.1 Å². The van der Waals surface area contributed by atoms with Crippen molar-refractivity contribution in [3.05, 3.63) is 35.6 Å². The number of rotatable bonds is 8. The largest absolute Gasteiger partial charge is 0.383 e. The number of benzene rings is 1. The molecule has 1 aliphatic carbocycles. The molecule has 1 saturated carbocycles. The lowest BCUT2D eigenvalue weighted by molar-refractivity contribution is 0.141. The second-order valence-electron chi connectivity index (χ2n) is 7.39. The van der Waals surface area contributed by atoms with Crippen LogP contribution in [0.4, 0.5) is 4.39 Å². The van der Waals surface area contributed by atoms with Crippen LogP contribution < -0.4 is 10.6 Å². The van der Waals surface area contributed by atoms with Crippen molar-refractivity contribution in [1.29, 1.82) is 0 Å². The molecule has 1 atom stereocenters. The second kappa shape index (κ2) is 10.6. The predicted molar refractivity (Wildman–Crippen MR) is 119 cm³/mol. The summed E-state index contributed by atoms with van der Waals surface area (Å²) in [6.45, 7) is 4.47. The van der Waals surface area contributed by atoms with Crippen LogP contribution in [0.5, 0.6) is 0 Å². The average molecular weight is 490 g/mol. The van der Waals surface area contributed by atoms with E-state index < -0.39 is 0 Å². The first-order valence-corrected chi connectivity index (χ1v) is 9.61. The van der Waals surface area contributed by atoms with E-state index in [4.69, 9.17) is 4.74 Å². The van der Waals surface area contributed by atoms with Crippen molar-refractivity contribution < 1.29 is 9.13 Å². The number of methoxy groups -OCH3 is 1. The summed E-state index contributed by atoms with van der Waals surface area (Å²) in [5.74, 6) is 0.695. The highest BCUT2D eigenvalue weighted by atomic mass is 127. The summed E-state index contributed by atoms with van der Waals surface area (Å²) in [4.78, 5) is 6.82. The van der Waals surface area contributed by atoms with E-state index >= 15 is 0 Å². The molecule has 0 bridgehead atoms. The van der Waals surface area contributed by atoms with Gasteiger partial charge >= 0.3 is 0 Å². The highest BCUT2D eigenvalue weighted by Crippen LogP contribution is 2.48. The first-order chi connectivity index (χ1) is 12.7. The van der Waals surface area contributed by atoms with Crippen LogP contribution in [-0.4, -0.2) is 63.8 Å². The van der Waals surface area contributed by atoms with Gasteiger partial charge in [0.05, 0.1) is 6.61 Å². The molecule has 7 heteroatoms. The van der Waals surface area contributed by atoms with E-state index in [-0.39, 0.29) is 35.2 Å². The third kappa shape index (κ3) is 5.77. The third-order valence-electron chi connectivity index (χ3n) is 5.70. The minimum absolute atomic E-state index is 0. The maximum Gasteiger partial charge on any atom is 0.191 e. The molecule has 2 aliphatic rings. The van der Waals surface area contributed by atoms with E-state index in [1.54, 1.807) is 26.3 Å². The van der Waals surface area contributed by atoms with Gasteiger partial charge in [0.1, 0.15) is 5.82 Å². The summed E-state index contributed by atoms with van der Waals surface area (Å²) >= 11 is 0. The maximum atomic E-state index is 14.1. The standard InChI is InChI=1S/C20H31FN4O.HI/c1-22-19(23-14-16-6-5-11-25(16)12-13-26-2)24-15-20(9-10-20)17-7-3-4-8-18(17)21;/h3-4,7-8,16H,5-6,9-15H2,1-2H3,(H2,22,23,24);1H. The molecule has 5 nitrogen and oxygen atoms in total. The molecule has 0 spiro atoms. The Kier molecular flexibility index (Phi) is 8.75. The van der Waals surface area contributed by atoms with Crippen LogP contribution in [-0.2, 0) is 10.2 Å². The highest BCUT2D eigenvalue weighted by Gasteiger charge is 2.45. The second-order valence-corrected chi connectivity index (χ2v) is 7.39. The van der Waals surface area contributed by atoms with E-state index in [0.717, 1.165) is 50.6 Å². The van der Waals surface area contributed by atoms with Crippen molar-refractivity contribution in [2.24, 2.45) is 4.99 Å². The van der Waals surface area contributed by atoms with Gasteiger partial charge in [0, 0.05) is 45.2 Å². The number of likely N-dealkylation sites (tertiary alicyclic amines) is 1. The topological polar surface area (TPSA) is 48.9 Å². The van der Waals surface area contributed by atoms with Crippen LogP contribution in [0, 0.1) is 5.82 Å². The molecule has 1 saturated heterocycles. The number of hydrogen-bond donors (Lipinski definition) is 2. The Morgan fingerprint density at radius 2 is 2.11 bits per heavy atom. The van der Waals surface area contributed by atoms with Crippen LogP contribution in [0.25, 0.3) is 0 Å². The number of nitrogens with one attached hydrogen (secondary N) is 2. The summed E-state index contributed by atoms with van der Waals surface area (Å²) in [5, 5.41) is 6.86. The van der Waals surface area contributed by atoms with Gasteiger partial charge in [0.2, 0.25) is 0 Å². The van der Waals surface area contributed by atoms with Gasteiger partial charge in [-0.2, -0.15) is 0 Å². The van der Waals surface area contributed by atoms with E-state index in [1.807, 2.05) is 12.1 Å². The fourth-order valence-electron chi connectivity index (χ4n) is 3.90. The van der Waals surface area contributed by atoms with Crippen LogP contribution in [0.1, 0.15) is 31.2 Å². The van der Waals surface area contributed by atoms with Crippen LogP contribution in [0.3, 0.4) is 0 Å². The van der Waals surface area contributed by atoms with Crippen molar-refractivity contribution in [3.8, 4) is 0 Å². The average Bonchev–Trinajstić information content (AvgIpc) is 3.31. The Bertz CT molecular complexity index is 624. The third-order valence-corrected chi connectivity index (χ3v) is 5.70. The first-order valence-electron chi connectivity index (χ1n) is 9.61. The predicted octanol–water partition coefficient (Wildman–Crippen LogP) is 2.75. The molecule has 1 aromatic carbocycles. The van der Waals surface area contributed by atoms with Crippen molar-refractivity contribution >= 4 is 29.9 Å². The van der Waals surface area contributed by atoms with Crippen LogP contribution in [0.2, 0.25) is 0 Å². The zero-order valence-electron chi connectivity index (χ0n) is 16.3. The number of ether oxygens (including phenoxy) is 1. The SMILES string of the molecule is CN=C(NCC1CCCN1CCOC)NCC1(c2ccccc2F)CC1.I. The molecule has 1 aromatic rings. The lowest BCUT2D eigenvalue weighted by Gasteiger charge is -2.25. The molecule has 1 unspecified atom stereocenters. The Morgan fingerprint density at radius 3 is 2.78 bits per heavy atom. The summed E-state index contributed by atoms with van der Waals surface area (Å²) in [7, 11) is 3.54. The Labute approximate surface area is 179 Å². The quantitative estimate of drug-likeness (QED) is 0.335. The van der Waals surface area contributed by atoms with Gasteiger partial charge < -0.3 is 15.4 Å². The van der Waals surface area contributed by atoms with Crippen LogP contribution >= 0.6 is 24.0 Å². The van der Waals surface area contributed by atoms with Crippen molar-refractivity contribution in [2.75, 3.05) is 46.9 Å². The van der Waals surface area contributed by atoms with Crippen molar-refractivity contribution in [1.82, 2.24) is 15.5 Å². The van der Waals surface area contributed by atoms with Gasteiger partial charge in [0.15, 0.2) is 5.96 Å². The summed E-state index contributed by atoms with van der Waals surface area (Å²) in [6.07, 6.45) is 4.47. The van der Waals surface area contributed by atoms with Gasteiger partial charge in [0.25, 0.3) is 0 Å². The molecule has 1 aliphatic heterocycles. The smallest absolute Gasteiger partial charge is 0.191 e. The number of halogens is 2. The van der Waals surface area contributed by atoms with Crippen LogP contribution in [0.15, 0.2) is 29.3 Å². The van der Waals surface area contributed by atoms with Gasteiger partial charge in [-0.3, -0.25) is 9.89 Å². The van der Waals surface area contributed by atoms with Gasteiger partial charge in [-0.1, -0.05) is 18.2 Å². The van der Waals surface area contributed by atoms with E-state index in [2.05, 4.69) is 20.5 Å². The lowest BCUT2D eigenvalue weighted by Crippen LogP contribution is -2.47. The zero-order chi connectivity index (χ0) is 18.4. The molecule has 0 amide bonds. The van der Waals surface area contributed by atoms with E-state index in [0.29, 0.717) is 12.6 Å². The molecule has 2 fully saturated rings. The molecular formula is C20H32FIN4O. The van der Waals surface area contributed by atoms with Gasteiger partial charge in [-0.15, -0.1) is 24.0 Å². The number of hydrogen-bond acceptors (Lipinski definition) is 3. The lowest BCUT2D eigenvalue weighted by atomic mass is 9.95.